The van der Waals surface area contributed by atoms with Gasteiger partial charge in [-0.25, -0.2) is 4.68 Å². The quantitative estimate of drug-likeness (QED) is 0.847. The van der Waals surface area contributed by atoms with E-state index in [1.165, 1.54) is 25.9 Å². The molecule has 26 heavy (non-hydrogen) atoms. The molecule has 2 aromatic rings. The molecule has 138 valence electrons. The first kappa shape index (κ1) is 17.1. The molecule has 2 fully saturated rings. The summed E-state index contributed by atoms with van der Waals surface area (Å²) in [6, 6.07) is 10.1. The largest absolute Gasteiger partial charge is 0.497 e. The third-order valence-corrected chi connectivity index (χ3v) is 5.53. The Balaban J connectivity index is 1.48. The normalized spacial score (nSPS) is 20.7. The number of rotatable bonds is 4. The van der Waals surface area contributed by atoms with E-state index in [-0.39, 0.29) is 5.91 Å². The molecule has 1 atom stereocenters. The topological polar surface area (TPSA) is 50.6 Å². The summed E-state index contributed by atoms with van der Waals surface area (Å²) in [5.41, 5.74) is 2.41. The average Bonchev–Trinajstić information content (AvgIpc) is 3.41. The highest BCUT2D eigenvalue weighted by atomic mass is 16.5. The Morgan fingerprint density at radius 2 is 1.88 bits per heavy atom. The van der Waals surface area contributed by atoms with Gasteiger partial charge in [0.2, 0.25) is 0 Å². The van der Waals surface area contributed by atoms with E-state index in [0.29, 0.717) is 11.7 Å². The zero-order valence-electron chi connectivity index (χ0n) is 15.5. The van der Waals surface area contributed by atoms with Crippen LogP contribution in [-0.4, -0.2) is 64.8 Å². The molecule has 1 amide bonds. The van der Waals surface area contributed by atoms with Crippen molar-refractivity contribution in [2.24, 2.45) is 0 Å². The molecule has 0 radical (unpaired) electrons. The van der Waals surface area contributed by atoms with Crippen molar-refractivity contribution in [2.75, 3.05) is 33.3 Å². The summed E-state index contributed by atoms with van der Waals surface area (Å²) in [5, 5.41) is 4.57. The molecule has 3 heterocycles. The van der Waals surface area contributed by atoms with Gasteiger partial charge in [-0.2, -0.15) is 5.10 Å². The molecule has 2 aliphatic heterocycles. The zero-order valence-corrected chi connectivity index (χ0v) is 15.5. The number of nitrogens with zero attached hydrogens (tertiary/aromatic N) is 4. The molecular formula is C20H26N4O2. The Labute approximate surface area is 154 Å². The number of aromatic nitrogens is 2. The SMILES string of the molecule is COc1ccc(-n2nc(C(=O)N3CCC(N4CCCC4)C3)cc2C)cc1. The molecule has 1 unspecified atom stereocenters. The highest BCUT2D eigenvalue weighted by Gasteiger charge is 2.32. The fourth-order valence-electron chi connectivity index (χ4n) is 4.06. The lowest BCUT2D eigenvalue weighted by Gasteiger charge is -2.23. The molecule has 2 aliphatic rings. The van der Waals surface area contributed by atoms with Crippen LogP contribution < -0.4 is 4.74 Å². The van der Waals surface area contributed by atoms with Crippen LogP contribution in [0.25, 0.3) is 5.69 Å². The standard InChI is InChI=1S/C20H26N4O2/c1-15-13-19(21-24(15)16-5-7-18(26-2)8-6-16)20(25)23-12-9-17(14-23)22-10-3-4-11-22/h5-8,13,17H,3-4,9-12,14H2,1-2H3. The van der Waals surface area contributed by atoms with E-state index in [2.05, 4.69) is 10.00 Å². The van der Waals surface area contributed by atoms with Crippen LogP contribution in [0.4, 0.5) is 0 Å². The molecule has 6 nitrogen and oxygen atoms in total. The minimum Gasteiger partial charge on any atom is -0.497 e. The van der Waals surface area contributed by atoms with Crippen molar-refractivity contribution >= 4 is 5.91 Å². The van der Waals surface area contributed by atoms with Crippen LogP contribution in [0.15, 0.2) is 30.3 Å². The van der Waals surface area contributed by atoms with Crippen LogP contribution >= 0.6 is 0 Å². The van der Waals surface area contributed by atoms with Crippen LogP contribution in [-0.2, 0) is 0 Å². The van der Waals surface area contributed by atoms with Gasteiger partial charge >= 0.3 is 0 Å². The van der Waals surface area contributed by atoms with E-state index in [4.69, 9.17) is 4.74 Å². The van der Waals surface area contributed by atoms with E-state index in [0.717, 1.165) is 36.6 Å². The first-order chi connectivity index (χ1) is 12.7. The van der Waals surface area contributed by atoms with Crippen LogP contribution in [0, 0.1) is 6.92 Å². The Bertz CT molecular complexity index is 778. The number of carbonyl (C=O) groups excluding carboxylic acids is 1. The predicted octanol–water partition coefficient (Wildman–Crippen LogP) is 2.50. The number of aryl methyl sites for hydroxylation is 1. The lowest BCUT2D eigenvalue weighted by molar-refractivity contribution is 0.0774. The van der Waals surface area contributed by atoms with Gasteiger partial charge in [0.1, 0.15) is 5.75 Å². The molecule has 2 saturated heterocycles. The maximum atomic E-state index is 12.9. The second-order valence-corrected chi connectivity index (χ2v) is 7.22. The molecule has 0 spiro atoms. The van der Waals surface area contributed by atoms with Crippen LogP contribution in [0.5, 0.6) is 5.75 Å². The number of likely N-dealkylation sites (tertiary alicyclic amines) is 2. The highest BCUT2D eigenvalue weighted by Crippen LogP contribution is 2.22. The maximum absolute atomic E-state index is 12.9. The minimum atomic E-state index is 0.0436. The van der Waals surface area contributed by atoms with Gasteiger partial charge in [-0.1, -0.05) is 0 Å². The smallest absolute Gasteiger partial charge is 0.274 e. The molecule has 1 aromatic heterocycles. The van der Waals surface area contributed by atoms with Crippen molar-refractivity contribution in [1.29, 1.82) is 0 Å². The molecule has 6 heteroatoms. The van der Waals surface area contributed by atoms with Gasteiger partial charge in [-0.05, 0) is 69.6 Å². The third kappa shape index (κ3) is 3.21. The van der Waals surface area contributed by atoms with E-state index in [9.17, 15) is 4.79 Å². The maximum Gasteiger partial charge on any atom is 0.274 e. The Hall–Kier alpha value is -2.34. The first-order valence-corrected chi connectivity index (χ1v) is 9.40. The van der Waals surface area contributed by atoms with Crippen LogP contribution in [0.2, 0.25) is 0 Å². The van der Waals surface area contributed by atoms with Crippen molar-refractivity contribution in [3.8, 4) is 11.4 Å². The number of hydrogen-bond donors (Lipinski definition) is 0. The highest BCUT2D eigenvalue weighted by molar-refractivity contribution is 5.92. The Morgan fingerprint density at radius 3 is 2.58 bits per heavy atom. The zero-order chi connectivity index (χ0) is 18.1. The molecule has 0 saturated carbocycles. The van der Waals surface area contributed by atoms with Crippen molar-refractivity contribution < 1.29 is 9.53 Å². The average molecular weight is 354 g/mol. The number of amides is 1. The van der Waals surface area contributed by atoms with Gasteiger partial charge in [-0.15, -0.1) is 0 Å². The van der Waals surface area contributed by atoms with Crippen molar-refractivity contribution in [3.63, 3.8) is 0 Å². The van der Waals surface area contributed by atoms with Crippen LogP contribution in [0.3, 0.4) is 0 Å². The summed E-state index contributed by atoms with van der Waals surface area (Å²) in [6.45, 7) is 5.99. The van der Waals surface area contributed by atoms with Crippen LogP contribution in [0.1, 0.15) is 35.4 Å². The Morgan fingerprint density at radius 1 is 1.15 bits per heavy atom. The fourth-order valence-corrected chi connectivity index (χ4v) is 4.06. The van der Waals surface area contributed by atoms with Crippen molar-refractivity contribution in [2.45, 2.75) is 32.2 Å². The van der Waals surface area contributed by atoms with Gasteiger partial charge in [0.25, 0.3) is 5.91 Å². The summed E-state index contributed by atoms with van der Waals surface area (Å²) < 4.78 is 7.02. The van der Waals surface area contributed by atoms with Gasteiger partial charge in [0, 0.05) is 24.8 Å². The molecule has 0 bridgehead atoms. The summed E-state index contributed by atoms with van der Waals surface area (Å²) in [4.78, 5) is 17.4. The number of carbonyl (C=O) groups is 1. The van der Waals surface area contributed by atoms with Gasteiger partial charge in [0.05, 0.1) is 12.8 Å². The summed E-state index contributed by atoms with van der Waals surface area (Å²) >= 11 is 0. The third-order valence-electron chi connectivity index (χ3n) is 5.53. The molecule has 4 rings (SSSR count). The Kier molecular flexibility index (Phi) is 4.68. The summed E-state index contributed by atoms with van der Waals surface area (Å²) in [7, 11) is 1.65. The van der Waals surface area contributed by atoms with Crippen molar-refractivity contribution in [3.05, 3.63) is 41.7 Å². The van der Waals surface area contributed by atoms with Crippen molar-refractivity contribution in [1.82, 2.24) is 19.6 Å². The van der Waals surface area contributed by atoms with Gasteiger partial charge < -0.3 is 9.64 Å². The second-order valence-electron chi connectivity index (χ2n) is 7.22. The summed E-state index contributed by atoms with van der Waals surface area (Å²) in [5.74, 6) is 0.849. The van der Waals surface area contributed by atoms with E-state index >= 15 is 0 Å². The number of methoxy groups -OCH3 is 1. The van der Waals surface area contributed by atoms with E-state index < -0.39 is 0 Å². The first-order valence-electron chi connectivity index (χ1n) is 9.40. The van der Waals surface area contributed by atoms with Gasteiger partial charge in [0.15, 0.2) is 5.69 Å². The predicted molar refractivity (Wildman–Crippen MR) is 100.0 cm³/mol. The molecule has 1 aromatic carbocycles. The number of hydrogen-bond acceptors (Lipinski definition) is 4. The monoisotopic (exact) mass is 354 g/mol. The van der Waals surface area contributed by atoms with Gasteiger partial charge in [-0.3, -0.25) is 9.69 Å². The molecule has 0 aliphatic carbocycles. The van der Waals surface area contributed by atoms with E-state index in [1.807, 2.05) is 46.8 Å². The van der Waals surface area contributed by atoms with E-state index in [1.54, 1.807) is 7.11 Å². The molecule has 0 N–H and O–H groups in total. The lowest BCUT2D eigenvalue weighted by Crippen LogP contribution is -2.37. The fraction of sp³-hybridized carbons (Fsp3) is 0.500. The number of ether oxygens (including phenoxy) is 1. The lowest BCUT2D eigenvalue weighted by atomic mass is 10.2. The summed E-state index contributed by atoms with van der Waals surface area (Å²) in [6.07, 6.45) is 3.65. The minimum absolute atomic E-state index is 0.0436. The molecular weight excluding hydrogens is 328 g/mol. The number of benzene rings is 1. The second kappa shape index (κ2) is 7.11.